The largest absolute Gasteiger partial charge is 0.392 e. The quantitative estimate of drug-likeness (QED) is 0.784. The fraction of sp³-hybridized carbons (Fsp3) is 0.643. The fourth-order valence-corrected chi connectivity index (χ4v) is 2.82. The summed E-state index contributed by atoms with van der Waals surface area (Å²) in [6.07, 6.45) is 1.21. The van der Waals surface area contributed by atoms with Crippen LogP contribution in [0.3, 0.4) is 0 Å². The number of amides is 1. The van der Waals surface area contributed by atoms with Gasteiger partial charge < -0.3 is 11.1 Å². The molecule has 1 rings (SSSR count). The summed E-state index contributed by atoms with van der Waals surface area (Å²) >= 11 is 5.09. The first-order valence-electron chi connectivity index (χ1n) is 6.87. The van der Waals surface area contributed by atoms with Crippen molar-refractivity contribution in [3.8, 4) is 0 Å². The highest BCUT2D eigenvalue weighted by Gasteiger charge is 2.37. The van der Waals surface area contributed by atoms with Crippen LogP contribution in [0.25, 0.3) is 0 Å². The summed E-state index contributed by atoms with van der Waals surface area (Å²) in [5.41, 5.74) is 8.06. The lowest BCUT2D eigenvalue weighted by Gasteiger charge is -2.28. The van der Waals surface area contributed by atoms with Crippen LogP contribution in [-0.2, 0) is 18.4 Å². The lowest BCUT2D eigenvalue weighted by atomic mass is 9.81. The Morgan fingerprint density at radius 1 is 1.40 bits per heavy atom. The van der Waals surface area contributed by atoms with Crippen molar-refractivity contribution in [3.05, 3.63) is 17.0 Å². The molecule has 0 bridgehead atoms. The maximum Gasteiger partial charge on any atom is 0.233 e. The van der Waals surface area contributed by atoms with Crippen LogP contribution >= 0.6 is 12.2 Å². The molecular weight excluding hydrogens is 272 g/mol. The molecule has 1 aromatic rings. The Morgan fingerprint density at radius 3 is 2.30 bits per heavy atom. The topological polar surface area (TPSA) is 72.9 Å². The molecule has 0 aliphatic heterocycles. The summed E-state index contributed by atoms with van der Waals surface area (Å²) in [5.74, 6) is -0.0994. The molecule has 0 aliphatic rings. The number of hydrogen-bond acceptors (Lipinski definition) is 3. The predicted molar refractivity (Wildman–Crippen MR) is 84.3 cm³/mol. The van der Waals surface area contributed by atoms with Crippen molar-refractivity contribution >= 4 is 23.1 Å². The summed E-state index contributed by atoms with van der Waals surface area (Å²) in [6, 6.07) is 0. The number of carbonyl (C=O) groups excluding carboxylic acids is 1. The third-order valence-electron chi connectivity index (χ3n) is 4.20. The molecular formula is C14H24N4OS. The molecule has 0 fully saturated rings. The van der Waals surface area contributed by atoms with Crippen molar-refractivity contribution in [3.63, 3.8) is 0 Å². The van der Waals surface area contributed by atoms with Gasteiger partial charge in [-0.1, -0.05) is 26.1 Å². The van der Waals surface area contributed by atoms with Crippen LogP contribution in [0.1, 0.15) is 43.6 Å². The van der Waals surface area contributed by atoms with Crippen molar-refractivity contribution in [2.24, 2.45) is 18.2 Å². The van der Waals surface area contributed by atoms with Gasteiger partial charge in [-0.15, -0.1) is 0 Å². The maximum absolute atomic E-state index is 12.5. The second-order valence-electron chi connectivity index (χ2n) is 5.11. The van der Waals surface area contributed by atoms with E-state index in [1.807, 2.05) is 39.4 Å². The third kappa shape index (κ3) is 2.85. The van der Waals surface area contributed by atoms with Gasteiger partial charge >= 0.3 is 0 Å². The molecule has 0 saturated carbocycles. The number of nitrogens with two attached hydrogens (primary N) is 1. The summed E-state index contributed by atoms with van der Waals surface area (Å²) in [7, 11) is 1.89. The lowest BCUT2D eigenvalue weighted by molar-refractivity contribution is -0.128. The minimum atomic E-state index is -0.751. The summed E-state index contributed by atoms with van der Waals surface area (Å²) in [6.45, 7) is 8.25. The van der Waals surface area contributed by atoms with E-state index in [-0.39, 0.29) is 10.9 Å². The monoisotopic (exact) mass is 296 g/mol. The molecule has 0 radical (unpaired) electrons. The first-order chi connectivity index (χ1) is 9.30. The first-order valence-corrected chi connectivity index (χ1v) is 7.28. The molecule has 1 amide bonds. The Labute approximate surface area is 125 Å². The predicted octanol–water partition coefficient (Wildman–Crippen LogP) is 1.75. The van der Waals surface area contributed by atoms with E-state index in [9.17, 15) is 4.79 Å². The second-order valence-corrected chi connectivity index (χ2v) is 5.55. The average molecular weight is 296 g/mol. The summed E-state index contributed by atoms with van der Waals surface area (Å²) < 4.78 is 1.82. The molecule has 0 aromatic carbocycles. The molecule has 20 heavy (non-hydrogen) atoms. The molecule has 0 unspecified atom stereocenters. The number of aromatic nitrogens is 2. The lowest BCUT2D eigenvalue weighted by Crippen LogP contribution is -2.48. The zero-order chi connectivity index (χ0) is 15.5. The van der Waals surface area contributed by atoms with Crippen LogP contribution in [0, 0.1) is 19.3 Å². The molecule has 0 aliphatic carbocycles. The Kier molecular flexibility index (Phi) is 5.28. The Balaban J connectivity index is 2.88. The van der Waals surface area contributed by atoms with Gasteiger partial charge in [-0.3, -0.25) is 9.48 Å². The number of carbonyl (C=O) groups is 1. The van der Waals surface area contributed by atoms with Crippen molar-refractivity contribution in [2.45, 2.75) is 47.1 Å². The molecule has 6 heteroatoms. The van der Waals surface area contributed by atoms with E-state index < -0.39 is 5.41 Å². The van der Waals surface area contributed by atoms with Gasteiger partial charge in [0.15, 0.2) is 0 Å². The zero-order valence-corrected chi connectivity index (χ0v) is 13.7. The fourth-order valence-electron chi connectivity index (χ4n) is 2.44. The van der Waals surface area contributed by atoms with Crippen molar-refractivity contribution in [2.75, 3.05) is 0 Å². The van der Waals surface area contributed by atoms with Gasteiger partial charge in [0.05, 0.1) is 16.1 Å². The molecule has 0 atom stereocenters. The molecule has 0 spiro atoms. The van der Waals surface area contributed by atoms with Crippen molar-refractivity contribution in [1.82, 2.24) is 15.1 Å². The molecule has 3 N–H and O–H groups in total. The number of nitrogens with one attached hydrogen (secondary N) is 1. The van der Waals surface area contributed by atoms with Crippen LogP contribution in [-0.4, -0.2) is 20.7 Å². The summed E-state index contributed by atoms with van der Waals surface area (Å²) in [4.78, 5) is 12.7. The second kappa shape index (κ2) is 6.35. The molecule has 1 aromatic heterocycles. The third-order valence-corrected chi connectivity index (χ3v) is 4.59. The van der Waals surface area contributed by atoms with E-state index in [0.717, 1.165) is 17.0 Å². The SMILES string of the molecule is CCC(CC)(C(=O)NCc1c(C)nn(C)c1C)C(N)=S. The van der Waals surface area contributed by atoms with Crippen LogP contribution in [0.4, 0.5) is 0 Å². The molecule has 5 nitrogen and oxygen atoms in total. The Morgan fingerprint density at radius 2 is 1.95 bits per heavy atom. The van der Waals surface area contributed by atoms with E-state index in [4.69, 9.17) is 18.0 Å². The van der Waals surface area contributed by atoms with Gasteiger partial charge in [0.25, 0.3) is 0 Å². The van der Waals surface area contributed by atoms with E-state index in [1.54, 1.807) is 0 Å². The van der Waals surface area contributed by atoms with Gasteiger partial charge in [-0.05, 0) is 26.7 Å². The van der Waals surface area contributed by atoms with E-state index >= 15 is 0 Å². The van der Waals surface area contributed by atoms with Gasteiger partial charge in [-0.2, -0.15) is 5.10 Å². The van der Waals surface area contributed by atoms with E-state index in [2.05, 4.69) is 10.4 Å². The van der Waals surface area contributed by atoms with Crippen LogP contribution in [0.5, 0.6) is 0 Å². The van der Waals surface area contributed by atoms with Crippen molar-refractivity contribution < 1.29 is 4.79 Å². The molecule has 112 valence electrons. The standard InChI is InChI=1S/C14H24N4OS/c1-6-14(7-2,12(15)20)13(19)16-8-11-9(3)17-18(5)10(11)4/h6-8H2,1-5H3,(H2,15,20)(H,16,19). The number of nitrogens with zero attached hydrogens (tertiary/aromatic N) is 2. The zero-order valence-electron chi connectivity index (χ0n) is 12.9. The smallest absolute Gasteiger partial charge is 0.233 e. The van der Waals surface area contributed by atoms with Gasteiger partial charge in [0.2, 0.25) is 5.91 Å². The number of aryl methyl sites for hydroxylation is 2. The van der Waals surface area contributed by atoms with Crippen LogP contribution in [0.15, 0.2) is 0 Å². The van der Waals surface area contributed by atoms with E-state index in [1.165, 1.54) is 0 Å². The van der Waals surface area contributed by atoms with Gasteiger partial charge in [-0.25, -0.2) is 0 Å². The Bertz CT molecular complexity index is 517. The van der Waals surface area contributed by atoms with Gasteiger partial charge in [0.1, 0.15) is 0 Å². The van der Waals surface area contributed by atoms with Crippen LogP contribution in [0.2, 0.25) is 0 Å². The minimum Gasteiger partial charge on any atom is -0.392 e. The normalized spacial score (nSPS) is 11.4. The summed E-state index contributed by atoms with van der Waals surface area (Å²) in [5, 5.41) is 7.30. The molecule has 1 heterocycles. The Hall–Kier alpha value is -1.43. The average Bonchev–Trinajstić information content (AvgIpc) is 2.63. The van der Waals surface area contributed by atoms with E-state index in [0.29, 0.717) is 19.4 Å². The molecule has 0 saturated heterocycles. The highest BCUT2D eigenvalue weighted by Crippen LogP contribution is 2.27. The number of rotatable bonds is 6. The number of thiocarbonyl (C=S) groups is 1. The highest BCUT2D eigenvalue weighted by atomic mass is 32.1. The maximum atomic E-state index is 12.5. The highest BCUT2D eigenvalue weighted by molar-refractivity contribution is 7.80. The van der Waals surface area contributed by atoms with Gasteiger partial charge in [0, 0.05) is 24.8 Å². The van der Waals surface area contributed by atoms with Crippen molar-refractivity contribution in [1.29, 1.82) is 0 Å². The van der Waals surface area contributed by atoms with Crippen LogP contribution < -0.4 is 11.1 Å². The first kappa shape index (κ1) is 16.6. The minimum absolute atomic E-state index is 0.0994. The number of hydrogen-bond donors (Lipinski definition) is 2.